The number of anilines is 1. The molecule has 0 N–H and O–H groups in total. The largest absolute Gasteiger partial charge is 0.376 e. The molecule has 2 aromatic heterocycles. The molecule has 0 radical (unpaired) electrons. The first-order valence-corrected chi connectivity index (χ1v) is 12.8. The molecule has 7 nitrogen and oxygen atoms in total. The van der Waals surface area contributed by atoms with Crippen LogP contribution < -0.4 is 10.5 Å². The van der Waals surface area contributed by atoms with Gasteiger partial charge in [0.25, 0.3) is 11.5 Å². The van der Waals surface area contributed by atoms with E-state index < -0.39 is 0 Å². The number of carbonyl (C=O) groups is 1. The van der Waals surface area contributed by atoms with Crippen LogP contribution >= 0.6 is 24.0 Å². The zero-order valence-electron chi connectivity index (χ0n) is 19.0. The molecule has 0 spiro atoms. The second-order valence-corrected chi connectivity index (χ2v) is 10.8. The highest BCUT2D eigenvalue weighted by Gasteiger charge is 2.35. The summed E-state index contributed by atoms with van der Waals surface area (Å²) in [5.41, 5.74) is 1.88. The van der Waals surface area contributed by atoms with Crippen molar-refractivity contribution in [3.8, 4) is 0 Å². The maximum Gasteiger partial charge on any atom is 0.267 e. The molecular weight excluding hydrogens is 456 g/mol. The second kappa shape index (κ2) is 9.19. The van der Waals surface area contributed by atoms with E-state index in [0.29, 0.717) is 38.7 Å². The van der Waals surface area contributed by atoms with Crippen molar-refractivity contribution >= 4 is 51.7 Å². The fourth-order valence-corrected chi connectivity index (χ4v) is 5.93. The van der Waals surface area contributed by atoms with Crippen LogP contribution in [0.15, 0.2) is 28.0 Å². The molecule has 3 saturated heterocycles. The molecule has 33 heavy (non-hydrogen) atoms. The number of carbonyl (C=O) groups excluding carboxylic acids is 1. The van der Waals surface area contributed by atoms with Crippen molar-refractivity contribution < 1.29 is 9.53 Å². The van der Waals surface area contributed by atoms with Crippen LogP contribution in [0.5, 0.6) is 0 Å². The molecule has 1 unspecified atom stereocenters. The van der Waals surface area contributed by atoms with E-state index in [-0.39, 0.29) is 17.6 Å². The molecule has 5 heterocycles. The molecule has 3 aliphatic heterocycles. The van der Waals surface area contributed by atoms with E-state index in [1.54, 1.807) is 21.6 Å². The Bertz CT molecular complexity index is 1190. The van der Waals surface area contributed by atoms with Crippen LogP contribution in [0.4, 0.5) is 5.82 Å². The normalized spacial score (nSPS) is 23.5. The van der Waals surface area contributed by atoms with Crippen LogP contribution in [-0.4, -0.2) is 56.9 Å². The number of pyridine rings is 1. The summed E-state index contributed by atoms with van der Waals surface area (Å²) in [5, 5.41) is 0. The molecule has 1 amide bonds. The molecule has 2 aromatic rings. The Morgan fingerprint density at radius 3 is 2.79 bits per heavy atom. The maximum atomic E-state index is 13.6. The highest BCUT2D eigenvalue weighted by Crippen LogP contribution is 2.35. The van der Waals surface area contributed by atoms with Gasteiger partial charge in [0, 0.05) is 25.9 Å². The molecule has 3 aliphatic rings. The zero-order valence-corrected chi connectivity index (χ0v) is 20.6. The zero-order chi connectivity index (χ0) is 23.1. The topological polar surface area (TPSA) is 67.2 Å². The van der Waals surface area contributed by atoms with Crippen molar-refractivity contribution in [2.75, 3.05) is 31.1 Å². The predicted molar refractivity (Wildman–Crippen MR) is 136 cm³/mol. The number of aromatic nitrogens is 2. The van der Waals surface area contributed by atoms with Gasteiger partial charge in [-0.3, -0.25) is 18.9 Å². The standard InChI is InChI=1S/C24H28N4O3S2/c1-15-7-10-26(11-8-15)21-18(22(29)27-9-3-5-16(2)20(27)25-21)13-19-23(30)28(24(32)33-19)14-17-6-4-12-31-17/h3,5,9,13,15,17H,4,6-8,10-12,14H2,1-2H3/b19-13+. The van der Waals surface area contributed by atoms with Gasteiger partial charge in [0.15, 0.2) is 0 Å². The van der Waals surface area contributed by atoms with Gasteiger partial charge in [0.1, 0.15) is 15.8 Å². The summed E-state index contributed by atoms with van der Waals surface area (Å²) >= 11 is 6.76. The van der Waals surface area contributed by atoms with E-state index in [1.165, 1.54) is 11.8 Å². The Hall–Kier alpha value is -2.23. The van der Waals surface area contributed by atoms with E-state index in [1.807, 2.05) is 19.1 Å². The molecule has 174 valence electrons. The fraction of sp³-hybridized carbons (Fsp3) is 0.500. The summed E-state index contributed by atoms with van der Waals surface area (Å²) in [5.74, 6) is 1.15. The molecule has 0 aliphatic carbocycles. The number of aryl methyl sites for hydroxylation is 1. The van der Waals surface area contributed by atoms with Gasteiger partial charge >= 0.3 is 0 Å². The minimum Gasteiger partial charge on any atom is -0.376 e. The number of thioether (sulfide) groups is 1. The number of hydrogen-bond acceptors (Lipinski definition) is 7. The molecular formula is C24H28N4O3S2. The third kappa shape index (κ3) is 4.34. The summed E-state index contributed by atoms with van der Waals surface area (Å²) < 4.78 is 7.79. The van der Waals surface area contributed by atoms with E-state index in [0.717, 1.165) is 50.9 Å². The lowest BCUT2D eigenvalue weighted by Crippen LogP contribution is -2.36. The van der Waals surface area contributed by atoms with Gasteiger partial charge in [0.05, 0.1) is 23.1 Å². The van der Waals surface area contributed by atoms with Crippen molar-refractivity contribution in [2.45, 2.75) is 45.6 Å². The average molecular weight is 485 g/mol. The third-order valence-corrected chi connectivity index (χ3v) is 8.08. The van der Waals surface area contributed by atoms with Crippen molar-refractivity contribution in [1.29, 1.82) is 0 Å². The van der Waals surface area contributed by atoms with Gasteiger partial charge in [-0.1, -0.05) is 37.0 Å². The number of piperidine rings is 1. The monoisotopic (exact) mass is 484 g/mol. The van der Waals surface area contributed by atoms with Gasteiger partial charge in [-0.15, -0.1) is 0 Å². The van der Waals surface area contributed by atoms with Gasteiger partial charge in [-0.05, 0) is 56.2 Å². The lowest BCUT2D eigenvalue weighted by Gasteiger charge is -2.32. The van der Waals surface area contributed by atoms with Gasteiger partial charge < -0.3 is 9.64 Å². The highest BCUT2D eigenvalue weighted by atomic mass is 32.2. The van der Waals surface area contributed by atoms with Gasteiger partial charge in [-0.2, -0.15) is 0 Å². The van der Waals surface area contributed by atoms with Gasteiger partial charge in [-0.25, -0.2) is 4.98 Å². The van der Waals surface area contributed by atoms with Crippen LogP contribution in [-0.2, 0) is 9.53 Å². The van der Waals surface area contributed by atoms with E-state index in [2.05, 4.69) is 11.8 Å². The van der Waals surface area contributed by atoms with Crippen LogP contribution in [0.1, 0.15) is 43.7 Å². The maximum absolute atomic E-state index is 13.6. The Kier molecular flexibility index (Phi) is 6.28. The number of fused-ring (bicyclic) bond motifs is 1. The van der Waals surface area contributed by atoms with Crippen molar-refractivity contribution in [3.63, 3.8) is 0 Å². The van der Waals surface area contributed by atoms with Crippen molar-refractivity contribution in [1.82, 2.24) is 14.3 Å². The number of ether oxygens (including phenoxy) is 1. The first-order chi connectivity index (χ1) is 15.9. The van der Waals surface area contributed by atoms with Crippen LogP contribution in [0.25, 0.3) is 11.7 Å². The highest BCUT2D eigenvalue weighted by molar-refractivity contribution is 8.26. The van der Waals surface area contributed by atoms with Crippen LogP contribution in [0, 0.1) is 12.8 Å². The molecule has 5 rings (SSSR count). The molecule has 9 heteroatoms. The lowest BCUT2D eigenvalue weighted by atomic mass is 9.99. The van der Waals surface area contributed by atoms with Crippen molar-refractivity contribution in [3.05, 3.63) is 44.7 Å². The number of nitrogens with zero attached hydrogens (tertiary/aromatic N) is 4. The lowest BCUT2D eigenvalue weighted by molar-refractivity contribution is -0.123. The van der Waals surface area contributed by atoms with E-state index >= 15 is 0 Å². The minimum absolute atomic E-state index is 0.0219. The van der Waals surface area contributed by atoms with Crippen LogP contribution in [0.3, 0.4) is 0 Å². The summed E-state index contributed by atoms with van der Waals surface area (Å²) in [6.07, 6.45) is 7.50. The Balaban J connectivity index is 1.56. The summed E-state index contributed by atoms with van der Waals surface area (Å²) in [6.45, 7) is 7.09. The molecule has 0 aromatic carbocycles. The van der Waals surface area contributed by atoms with E-state index in [4.69, 9.17) is 21.9 Å². The summed E-state index contributed by atoms with van der Waals surface area (Å²) in [6, 6.07) is 3.80. The number of amides is 1. The minimum atomic E-state index is -0.165. The van der Waals surface area contributed by atoms with Gasteiger partial charge in [0.2, 0.25) is 0 Å². The smallest absolute Gasteiger partial charge is 0.267 e. The molecule has 3 fully saturated rings. The average Bonchev–Trinajstić information content (AvgIpc) is 3.41. The SMILES string of the molecule is Cc1cccn2c(=O)c(/C=C3/SC(=S)N(CC4CCCO4)C3=O)c(N3CCC(C)CC3)nc12. The number of hydrogen-bond donors (Lipinski definition) is 0. The summed E-state index contributed by atoms with van der Waals surface area (Å²) in [4.78, 5) is 36.0. The first-order valence-electron chi connectivity index (χ1n) is 11.6. The Labute approximate surface area is 202 Å². The fourth-order valence-electron chi connectivity index (χ4n) is 4.67. The van der Waals surface area contributed by atoms with E-state index in [9.17, 15) is 9.59 Å². The van der Waals surface area contributed by atoms with Crippen LogP contribution in [0.2, 0.25) is 0 Å². The predicted octanol–water partition coefficient (Wildman–Crippen LogP) is 3.62. The summed E-state index contributed by atoms with van der Waals surface area (Å²) in [7, 11) is 0. The quantitative estimate of drug-likeness (QED) is 0.485. The Morgan fingerprint density at radius 2 is 2.06 bits per heavy atom. The molecule has 0 saturated carbocycles. The number of rotatable bonds is 4. The molecule has 0 bridgehead atoms. The van der Waals surface area contributed by atoms with Crippen molar-refractivity contribution in [2.24, 2.45) is 5.92 Å². The Morgan fingerprint density at radius 1 is 1.27 bits per heavy atom. The molecule has 1 atom stereocenters. The second-order valence-electron chi connectivity index (χ2n) is 9.14. The number of thiocarbonyl (C=S) groups is 1. The first kappa shape index (κ1) is 22.6. The third-order valence-electron chi connectivity index (χ3n) is 6.71.